The molecule has 0 spiro atoms. The fourth-order valence-corrected chi connectivity index (χ4v) is 6.11. The first-order valence-corrected chi connectivity index (χ1v) is 11.9. The zero-order valence-corrected chi connectivity index (χ0v) is 18.4. The van der Waals surface area contributed by atoms with Crippen LogP contribution < -0.4 is 0 Å². The number of nitrogens with zero attached hydrogens (tertiary/aromatic N) is 2. The fourth-order valence-electron chi connectivity index (χ4n) is 3.46. The highest BCUT2D eigenvalue weighted by molar-refractivity contribution is 8.18. The highest BCUT2D eigenvalue weighted by atomic mass is 32.2. The van der Waals surface area contributed by atoms with Crippen molar-refractivity contribution in [2.45, 2.75) is 49.8 Å². The minimum atomic E-state index is 0.404. The molecular formula is C22H24N2S3. The van der Waals surface area contributed by atoms with Gasteiger partial charge in [-0.15, -0.1) is 11.3 Å². The van der Waals surface area contributed by atoms with Crippen LogP contribution in [0.5, 0.6) is 0 Å². The maximum Gasteiger partial charge on any atom is 0.151 e. The van der Waals surface area contributed by atoms with Gasteiger partial charge in [-0.05, 0) is 66.6 Å². The number of para-hydroxylation sites is 1. The summed E-state index contributed by atoms with van der Waals surface area (Å²) in [5.41, 5.74) is 6.00. The van der Waals surface area contributed by atoms with Crippen molar-refractivity contribution in [3.63, 3.8) is 0 Å². The quantitative estimate of drug-likeness (QED) is 0.198. The summed E-state index contributed by atoms with van der Waals surface area (Å²) in [6.45, 7) is 6.91. The van der Waals surface area contributed by atoms with Gasteiger partial charge in [-0.1, -0.05) is 61.5 Å². The van der Waals surface area contributed by atoms with Crippen LogP contribution in [0.3, 0.4) is 0 Å². The summed E-state index contributed by atoms with van der Waals surface area (Å²) in [5, 5.41) is 11.2. The van der Waals surface area contributed by atoms with Crippen molar-refractivity contribution in [1.82, 2.24) is 4.98 Å². The summed E-state index contributed by atoms with van der Waals surface area (Å²) in [4.78, 5) is 4.44. The first-order chi connectivity index (χ1) is 13.0. The number of rotatable bonds is 3. The molecule has 1 aliphatic carbocycles. The normalized spacial score (nSPS) is 14.7. The van der Waals surface area contributed by atoms with Crippen LogP contribution in [0.1, 0.15) is 43.4 Å². The molecule has 0 bridgehead atoms. The zero-order valence-electron chi connectivity index (χ0n) is 16.0. The van der Waals surface area contributed by atoms with Crippen molar-refractivity contribution >= 4 is 45.1 Å². The van der Waals surface area contributed by atoms with Crippen LogP contribution in [-0.4, -0.2) is 10.1 Å². The van der Waals surface area contributed by atoms with Gasteiger partial charge in [0.1, 0.15) is 5.40 Å². The molecule has 140 valence electrons. The second kappa shape index (κ2) is 9.14. The number of fused-ring (bicyclic) bond motifs is 2. The van der Waals surface area contributed by atoms with Crippen molar-refractivity contribution in [1.29, 1.82) is 5.26 Å². The van der Waals surface area contributed by atoms with E-state index in [0.717, 1.165) is 14.9 Å². The van der Waals surface area contributed by atoms with Crippen molar-refractivity contribution in [3.05, 3.63) is 59.2 Å². The molecule has 0 aliphatic heterocycles. The standard InChI is InChI=1S/C13H18.C9H6N2S3/c1-10-6-7-12-11(9-10)5-4-8-13(12,2)3;10-5-12-6-13-9-11-7-3-1-2-4-8(7)14-9/h6-7,9H,4-5,8H2,1-3H3;1-4H,6H2. The van der Waals surface area contributed by atoms with Gasteiger partial charge in [0.05, 0.1) is 15.3 Å². The molecule has 0 N–H and O–H groups in total. The van der Waals surface area contributed by atoms with E-state index in [2.05, 4.69) is 50.0 Å². The third kappa shape index (κ3) is 5.28. The number of aromatic nitrogens is 1. The first-order valence-electron chi connectivity index (χ1n) is 9.09. The third-order valence-corrected chi connectivity index (χ3v) is 7.66. The molecule has 0 saturated heterocycles. The molecule has 5 heteroatoms. The summed E-state index contributed by atoms with van der Waals surface area (Å²) < 4.78 is 2.24. The van der Waals surface area contributed by atoms with Crippen molar-refractivity contribution in [2.75, 3.05) is 5.08 Å². The van der Waals surface area contributed by atoms with Gasteiger partial charge in [-0.3, -0.25) is 0 Å². The molecule has 0 atom stereocenters. The summed E-state index contributed by atoms with van der Waals surface area (Å²) >= 11 is 4.54. The lowest BCUT2D eigenvalue weighted by Crippen LogP contribution is -2.23. The monoisotopic (exact) mass is 412 g/mol. The highest BCUT2D eigenvalue weighted by Crippen LogP contribution is 2.36. The molecule has 1 heterocycles. The summed E-state index contributed by atoms with van der Waals surface area (Å²) in [5.74, 6) is 0. The number of thiazole rings is 1. The van der Waals surface area contributed by atoms with E-state index in [-0.39, 0.29) is 0 Å². The predicted octanol–water partition coefficient (Wildman–Crippen LogP) is 7.17. The lowest BCUT2D eigenvalue weighted by atomic mass is 9.72. The van der Waals surface area contributed by atoms with E-state index < -0.39 is 0 Å². The largest absolute Gasteiger partial charge is 0.230 e. The Morgan fingerprint density at radius 2 is 2.04 bits per heavy atom. The minimum absolute atomic E-state index is 0.404. The Balaban J connectivity index is 0.000000156. The number of aryl methyl sites for hydroxylation is 2. The first kappa shape index (κ1) is 20.3. The van der Waals surface area contributed by atoms with Crippen LogP contribution in [-0.2, 0) is 11.8 Å². The highest BCUT2D eigenvalue weighted by Gasteiger charge is 2.26. The summed E-state index contributed by atoms with van der Waals surface area (Å²) in [6, 6.07) is 15.0. The maximum absolute atomic E-state index is 8.37. The zero-order chi connectivity index (χ0) is 19.3. The van der Waals surface area contributed by atoms with Gasteiger partial charge < -0.3 is 0 Å². The average molecular weight is 413 g/mol. The van der Waals surface area contributed by atoms with Crippen LogP contribution in [0.2, 0.25) is 0 Å². The van der Waals surface area contributed by atoms with Gasteiger partial charge in [-0.25, -0.2) is 4.98 Å². The van der Waals surface area contributed by atoms with E-state index in [1.54, 1.807) is 34.2 Å². The number of nitriles is 1. The molecule has 2 aromatic carbocycles. The topological polar surface area (TPSA) is 36.7 Å². The Morgan fingerprint density at radius 3 is 2.81 bits per heavy atom. The number of hydrogen-bond acceptors (Lipinski definition) is 5. The molecule has 0 saturated carbocycles. The molecule has 0 fully saturated rings. The van der Waals surface area contributed by atoms with E-state index in [1.165, 1.54) is 41.3 Å². The fraction of sp³-hybridized carbons (Fsp3) is 0.364. The van der Waals surface area contributed by atoms with Crippen molar-refractivity contribution < 1.29 is 0 Å². The molecule has 0 unspecified atom stereocenters. The summed E-state index contributed by atoms with van der Waals surface area (Å²) in [6.07, 6.45) is 3.97. The van der Waals surface area contributed by atoms with Crippen LogP contribution in [0.15, 0.2) is 46.8 Å². The van der Waals surface area contributed by atoms with Gasteiger partial charge >= 0.3 is 0 Å². The van der Waals surface area contributed by atoms with Crippen LogP contribution in [0.4, 0.5) is 0 Å². The Labute approximate surface area is 174 Å². The van der Waals surface area contributed by atoms with Gasteiger partial charge in [0.25, 0.3) is 0 Å². The number of hydrogen-bond donors (Lipinski definition) is 0. The molecule has 2 nitrogen and oxygen atoms in total. The van der Waals surface area contributed by atoms with Gasteiger partial charge in [-0.2, -0.15) is 5.26 Å². The second-order valence-electron chi connectivity index (χ2n) is 7.34. The minimum Gasteiger partial charge on any atom is -0.230 e. The SMILES string of the molecule is Cc1ccc2c(c1)CCCC2(C)C.N#CSCSc1nc2ccccc2s1. The Kier molecular flexibility index (Phi) is 6.86. The van der Waals surface area contributed by atoms with Crippen molar-refractivity contribution in [2.24, 2.45) is 0 Å². The second-order valence-corrected chi connectivity index (χ2v) is 10.7. The van der Waals surface area contributed by atoms with Gasteiger partial charge in [0.2, 0.25) is 0 Å². The van der Waals surface area contributed by atoms with E-state index in [4.69, 9.17) is 5.26 Å². The molecule has 27 heavy (non-hydrogen) atoms. The molecule has 1 aliphatic rings. The average Bonchev–Trinajstić information content (AvgIpc) is 3.05. The predicted molar refractivity (Wildman–Crippen MR) is 121 cm³/mol. The van der Waals surface area contributed by atoms with E-state index in [9.17, 15) is 0 Å². The Morgan fingerprint density at radius 1 is 1.22 bits per heavy atom. The maximum atomic E-state index is 8.37. The lowest BCUT2D eigenvalue weighted by Gasteiger charge is -2.32. The molecule has 3 aromatic rings. The van der Waals surface area contributed by atoms with E-state index in [1.807, 2.05) is 23.6 Å². The molecule has 1 aromatic heterocycles. The van der Waals surface area contributed by atoms with E-state index in [0.29, 0.717) is 5.41 Å². The molecule has 4 rings (SSSR count). The number of benzene rings is 2. The molecule has 0 radical (unpaired) electrons. The Bertz CT molecular complexity index is 921. The third-order valence-electron chi connectivity index (χ3n) is 4.82. The van der Waals surface area contributed by atoms with E-state index >= 15 is 0 Å². The van der Waals surface area contributed by atoms with Crippen molar-refractivity contribution in [3.8, 4) is 5.40 Å². The lowest BCUT2D eigenvalue weighted by molar-refractivity contribution is 0.432. The number of thioether (sulfide) groups is 2. The molecular weight excluding hydrogens is 388 g/mol. The van der Waals surface area contributed by atoms with Crippen LogP contribution in [0.25, 0.3) is 10.2 Å². The summed E-state index contributed by atoms with van der Waals surface area (Å²) in [7, 11) is 0. The number of thiocyanates is 1. The molecule has 0 amide bonds. The van der Waals surface area contributed by atoms with Gasteiger partial charge in [0.15, 0.2) is 4.34 Å². The Hall–Kier alpha value is -1.48. The van der Waals surface area contributed by atoms with Crippen LogP contribution in [0, 0.1) is 17.6 Å². The van der Waals surface area contributed by atoms with Gasteiger partial charge in [0, 0.05) is 0 Å². The van der Waals surface area contributed by atoms with Crippen LogP contribution >= 0.6 is 34.9 Å². The smallest absolute Gasteiger partial charge is 0.151 e.